The number of carbonyl (C=O) groups is 1. The lowest BCUT2D eigenvalue weighted by Crippen LogP contribution is -2.51. The molecular weight excluding hydrogens is 370 g/mol. The molecule has 1 amide bonds. The predicted molar refractivity (Wildman–Crippen MR) is 111 cm³/mol. The lowest BCUT2D eigenvalue weighted by Gasteiger charge is -2.38. The first-order valence-electron chi connectivity index (χ1n) is 10.4. The maximum atomic E-state index is 13.1. The first kappa shape index (κ1) is 20.1. The summed E-state index contributed by atoms with van der Waals surface area (Å²) >= 11 is 0. The average Bonchev–Trinajstić information content (AvgIpc) is 2.97. The molecule has 0 radical (unpaired) electrons. The third-order valence-electron chi connectivity index (χ3n) is 6.19. The van der Waals surface area contributed by atoms with E-state index in [2.05, 4.69) is 26.9 Å². The van der Waals surface area contributed by atoms with Crippen molar-refractivity contribution in [3.05, 3.63) is 23.5 Å². The van der Waals surface area contributed by atoms with Crippen LogP contribution in [0.15, 0.2) is 12.3 Å². The Labute approximate surface area is 171 Å². The zero-order chi connectivity index (χ0) is 20.6. The minimum absolute atomic E-state index is 0.145. The van der Waals surface area contributed by atoms with Crippen molar-refractivity contribution < 1.29 is 9.90 Å². The smallest absolute Gasteiger partial charge is 0.259 e. The number of likely N-dealkylation sites (N-methyl/N-ethyl adjacent to an activating group) is 1. The monoisotopic (exact) mass is 401 g/mol. The minimum Gasteiger partial charge on any atom is -0.388 e. The number of fused-ring (bicyclic) bond motifs is 1. The van der Waals surface area contributed by atoms with Crippen molar-refractivity contribution in [1.82, 2.24) is 29.3 Å². The number of rotatable bonds is 3. The Balaban J connectivity index is 1.44. The summed E-state index contributed by atoms with van der Waals surface area (Å²) in [7, 11) is 2.13. The van der Waals surface area contributed by atoms with E-state index >= 15 is 0 Å². The lowest BCUT2D eigenvalue weighted by molar-refractivity contribution is -0.0179. The summed E-state index contributed by atoms with van der Waals surface area (Å²) in [5, 5.41) is 15.5. The Morgan fingerprint density at radius 1 is 1.21 bits per heavy atom. The fourth-order valence-electron chi connectivity index (χ4n) is 4.36. The van der Waals surface area contributed by atoms with Crippen molar-refractivity contribution >= 4 is 17.4 Å². The third-order valence-corrected chi connectivity index (χ3v) is 6.19. The van der Waals surface area contributed by atoms with Crippen LogP contribution in [0, 0.1) is 6.92 Å². The highest BCUT2D eigenvalue weighted by Crippen LogP contribution is 2.26. The molecule has 29 heavy (non-hydrogen) atoms. The molecule has 0 spiro atoms. The van der Waals surface area contributed by atoms with Gasteiger partial charge in [-0.25, -0.2) is 4.98 Å². The standard InChI is InChI=1S/C20H31N7O2/c1-15-12-17-22-13-16(18(21)27(17)23-15)19(28)26-6-3-4-20(29,5-7-26)14-25-10-8-24(2)9-11-25/h12-13,29H,3-11,14,21H2,1-2H3. The van der Waals surface area contributed by atoms with E-state index in [0.29, 0.717) is 49.5 Å². The van der Waals surface area contributed by atoms with Crippen molar-refractivity contribution in [3.8, 4) is 0 Å². The highest BCUT2D eigenvalue weighted by atomic mass is 16.3. The first-order valence-corrected chi connectivity index (χ1v) is 10.4. The second-order valence-electron chi connectivity index (χ2n) is 8.56. The molecule has 2 aliphatic heterocycles. The molecule has 9 heteroatoms. The number of likely N-dealkylation sites (tertiary alicyclic amines) is 1. The molecule has 2 aliphatic rings. The molecule has 0 saturated carbocycles. The molecule has 2 saturated heterocycles. The fraction of sp³-hybridized carbons (Fsp3) is 0.650. The number of amides is 1. The van der Waals surface area contributed by atoms with Gasteiger partial charge < -0.3 is 20.6 Å². The SMILES string of the molecule is Cc1cc2ncc(C(=O)N3CCCC(O)(CN4CCN(C)CC4)CC3)c(N)n2n1. The second-order valence-corrected chi connectivity index (χ2v) is 8.56. The summed E-state index contributed by atoms with van der Waals surface area (Å²) in [6.07, 6.45) is 3.58. The van der Waals surface area contributed by atoms with Crippen LogP contribution in [0.3, 0.4) is 0 Å². The van der Waals surface area contributed by atoms with Gasteiger partial charge in [-0.1, -0.05) is 0 Å². The van der Waals surface area contributed by atoms with Crippen LogP contribution in [0.2, 0.25) is 0 Å². The molecule has 4 heterocycles. The van der Waals surface area contributed by atoms with Crippen molar-refractivity contribution in [2.45, 2.75) is 31.8 Å². The molecule has 9 nitrogen and oxygen atoms in total. The van der Waals surface area contributed by atoms with Gasteiger partial charge in [-0.2, -0.15) is 9.61 Å². The van der Waals surface area contributed by atoms with Gasteiger partial charge >= 0.3 is 0 Å². The Kier molecular flexibility index (Phi) is 5.46. The van der Waals surface area contributed by atoms with Crippen LogP contribution >= 0.6 is 0 Å². The fourth-order valence-corrected chi connectivity index (χ4v) is 4.36. The molecule has 4 rings (SSSR count). The number of carbonyl (C=O) groups excluding carboxylic acids is 1. The first-order chi connectivity index (χ1) is 13.8. The molecule has 3 N–H and O–H groups in total. The number of piperazine rings is 1. The van der Waals surface area contributed by atoms with Crippen LogP contribution in [0.5, 0.6) is 0 Å². The zero-order valence-corrected chi connectivity index (χ0v) is 17.3. The van der Waals surface area contributed by atoms with E-state index in [1.807, 2.05) is 13.0 Å². The average molecular weight is 402 g/mol. The molecule has 2 aromatic rings. The van der Waals surface area contributed by atoms with Crippen molar-refractivity contribution in [3.63, 3.8) is 0 Å². The molecule has 1 unspecified atom stereocenters. The Bertz CT molecular complexity index is 890. The number of aromatic nitrogens is 3. The quantitative estimate of drug-likeness (QED) is 0.759. The van der Waals surface area contributed by atoms with Crippen LogP contribution in [0.25, 0.3) is 5.65 Å². The molecule has 1 atom stereocenters. The number of nitrogens with zero attached hydrogens (tertiary/aromatic N) is 6. The molecule has 2 fully saturated rings. The van der Waals surface area contributed by atoms with E-state index in [-0.39, 0.29) is 5.91 Å². The maximum absolute atomic E-state index is 13.1. The van der Waals surface area contributed by atoms with E-state index in [1.54, 1.807) is 4.90 Å². The number of hydrogen-bond donors (Lipinski definition) is 2. The second kappa shape index (κ2) is 7.89. The Morgan fingerprint density at radius 3 is 2.72 bits per heavy atom. The largest absolute Gasteiger partial charge is 0.388 e. The number of anilines is 1. The topological polar surface area (TPSA) is 103 Å². The number of aliphatic hydroxyl groups is 1. The molecule has 2 aromatic heterocycles. The summed E-state index contributed by atoms with van der Waals surface area (Å²) in [5.41, 5.74) is 7.27. The minimum atomic E-state index is -0.752. The van der Waals surface area contributed by atoms with Crippen LogP contribution in [0.1, 0.15) is 35.3 Å². The normalized spacial score (nSPS) is 24.7. The molecule has 158 valence electrons. The Hall–Kier alpha value is -2.23. The molecule has 0 aromatic carbocycles. The highest BCUT2D eigenvalue weighted by molar-refractivity contribution is 5.98. The molecule has 0 aliphatic carbocycles. The van der Waals surface area contributed by atoms with E-state index < -0.39 is 5.60 Å². The van der Waals surface area contributed by atoms with E-state index in [9.17, 15) is 9.90 Å². The lowest BCUT2D eigenvalue weighted by atomic mass is 9.94. The van der Waals surface area contributed by atoms with Gasteiger partial charge in [-0.3, -0.25) is 9.69 Å². The number of β-amino-alcohol motifs (C(OH)–C–C–N with tert-alkyl or cyclic N) is 1. The van der Waals surface area contributed by atoms with Gasteiger partial charge in [0, 0.05) is 58.1 Å². The van der Waals surface area contributed by atoms with Gasteiger partial charge in [-0.05, 0) is 33.2 Å². The van der Waals surface area contributed by atoms with Crippen LogP contribution in [-0.4, -0.2) is 98.8 Å². The summed E-state index contributed by atoms with van der Waals surface area (Å²) in [5.74, 6) is 0.166. The van der Waals surface area contributed by atoms with Crippen molar-refractivity contribution in [2.75, 3.05) is 58.6 Å². The number of nitrogens with two attached hydrogens (primary N) is 1. The van der Waals surface area contributed by atoms with Crippen LogP contribution in [0.4, 0.5) is 5.82 Å². The number of aryl methyl sites for hydroxylation is 1. The predicted octanol–water partition coefficient (Wildman–Crippen LogP) is 0.225. The van der Waals surface area contributed by atoms with Crippen LogP contribution in [-0.2, 0) is 0 Å². The summed E-state index contributed by atoms with van der Waals surface area (Å²) in [4.78, 5) is 23.9. The van der Waals surface area contributed by atoms with Crippen molar-refractivity contribution in [2.24, 2.45) is 0 Å². The molecule has 0 bridgehead atoms. The summed E-state index contributed by atoms with van der Waals surface area (Å²) < 4.78 is 1.52. The van der Waals surface area contributed by atoms with E-state index in [1.165, 1.54) is 10.7 Å². The number of nitrogen functional groups attached to an aromatic ring is 1. The van der Waals surface area contributed by atoms with E-state index in [0.717, 1.165) is 38.3 Å². The van der Waals surface area contributed by atoms with Gasteiger partial charge in [0.25, 0.3) is 5.91 Å². The van der Waals surface area contributed by atoms with Crippen LogP contribution < -0.4 is 5.73 Å². The zero-order valence-electron chi connectivity index (χ0n) is 17.3. The highest BCUT2D eigenvalue weighted by Gasteiger charge is 2.34. The third kappa shape index (κ3) is 4.22. The van der Waals surface area contributed by atoms with E-state index in [4.69, 9.17) is 5.73 Å². The van der Waals surface area contributed by atoms with Gasteiger partial charge in [0.05, 0.1) is 11.3 Å². The Morgan fingerprint density at radius 2 is 1.97 bits per heavy atom. The molecular formula is C20H31N7O2. The maximum Gasteiger partial charge on any atom is 0.259 e. The summed E-state index contributed by atoms with van der Waals surface area (Å²) in [6.45, 7) is 7.68. The summed E-state index contributed by atoms with van der Waals surface area (Å²) in [6, 6.07) is 1.83. The number of hydrogen-bond acceptors (Lipinski definition) is 7. The van der Waals surface area contributed by atoms with Gasteiger partial charge in [0.15, 0.2) is 5.65 Å². The van der Waals surface area contributed by atoms with Gasteiger partial charge in [0.1, 0.15) is 11.4 Å². The van der Waals surface area contributed by atoms with Gasteiger partial charge in [0.2, 0.25) is 0 Å². The van der Waals surface area contributed by atoms with Crippen molar-refractivity contribution in [1.29, 1.82) is 0 Å². The van der Waals surface area contributed by atoms with Gasteiger partial charge in [-0.15, -0.1) is 0 Å².